The second-order valence-corrected chi connectivity index (χ2v) is 8.48. The third-order valence-electron chi connectivity index (χ3n) is 6.06. The number of benzene rings is 2. The first kappa shape index (κ1) is 24.0. The quantitative estimate of drug-likeness (QED) is 0.215. The number of aromatic hydroxyl groups is 1. The fraction of sp³-hybridized carbons (Fsp3) is 0.333. The number of rotatable bonds is 8. The van der Waals surface area contributed by atoms with E-state index in [2.05, 4.69) is 4.99 Å². The molecule has 35 heavy (non-hydrogen) atoms. The van der Waals surface area contributed by atoms with Gasteiger partial charge in [0.25, 0.3) is 12.1 Å². The lowest BCUT2D eigenvalue weighted by Gasteiger charge is -2.42. The van der Waals surface area contributed by atoms with E-state index in [0.717, 1.165) is 0 Å². The van der Waals surface area contributed by atoms with E-state index in [1.54, 1.807) is 12.1 Å². The molecular weight excluding hydrogens is 457 g/mol. The van der Waals surface area contributed by atoms with E-state index in [0.29, 0.717) is 17.5 Å². The molecule has 0 aromatic heterocycles. The summed E-state index contributed by atoms with van der Waals surface area (Å²) in [6.07, 6.45) is -0.566. The first-order chi connectivity index (χ1) is 16.7. The molecule has 2 heterocycles. The summed E-state index contributed by atoms with van der Waals surface area (Å²) in [6.45, 7) is 0.297. The Labute approximate surface area is 201 Å². The van der Waals surface area contributed by atoms with Crippen LogP contribution in [0.15, 0.2) is 53.5 Å². The van der Waals surface area contributed by atoms with Crippen molar-refractivity contribution in [1.82, 2.24) is 9.80 Å². The fourth-order valence-electron chi connectivity index (χ4n) is 4.34. The second-order valence-electron chi connectivity index (χ2n) is 8.48. The number of ether oxygens (including phenoxy) is 1. The number of hydrogen-bond acceptors (Lipinski definition) is 6. The molecule has 2 aromatic rings. The Bertz CT molecular complexity index is 1130. The summed E-state index contributed by atoms with van der Waals surface area (Å²) < 4.78 is 18.7. The summed E-state index contributed by atoms with van der Waals surface area (Å²) >= 11 is 0. The molecule has 5 N–H and O–H groups in total. The Hall–Kier alpha value is -4.15. The van der Waals surface area contributed by atoms with Gasteiger partial charge < -0.3 is 26.2 Å². The minimum atomic E-state index is -1.36. The number of guanidine groups is 1. The van der Waals surface area contributed by atoms with Crippen molar-refractivity contribution in [2.24, 2.45) is 16.5 Å². The van der Waals surface area contributed by atoms with Crippen LogP contribution in [0, 0.1) is 5.82 Å². The first-order valence-electron chi connectivity index (χ1n) is 11.2. The van der Waals surface area contributed by atoms with Crippen LogP contribution in [0.3, 0.4) is 0 Å². The zero-order valence-corrected chi connectivity index (χ0v) is 18.8. The summed E-state index contributed by atoms with van der Waals surface area (Å²) in [5, 5.41) is 9.60. The number of halogens is 1. The molecule has 0 radical (unpaired) electrons. The number of amides is 2. The molecule has 0 bridgehead atoms. The third kappa shape index (κ3) is 5.18. The van der Waals surface area contributed by atoms with Gasteiger partial charge in [0.15, 0.2) is 5.96 Å². The summed E-state index contributed by atoms with van der Waals surface area (Å²) in [7, 11) is 0. The van der Waals surface area contributed by atoms with Gasteiger partial charge in [0.2, 0.25) is 5.91 Å². The van der Waals surface area contributed by atoms with E-state index >= 15 is 0 Å². The van der Waals surface area contributed by atoms with Gasteiger partial charge in [-0.05, 0) is 48.2 Å². The molecule has 2 aliphatic heterocycles. The van der Waals surface area contributed by atoms with Crippen LogP contribution in [0.1, 0.15) is 24.0 Å². The van der Waals surface area contributed by atoms with Crippen LogP contribution < -0.4 is 11.5 Å². The maximum atomic E-state index is 13.7. The van der Waals surface area contributed by atoms with E-state index in [1.165, 1.54) is 46.2 Å². The molecule has 2 aromatic carbocycles. The van der Waals surface area contributed by atoms with Gasteiger partial charge in [0.1, 0.15) is 23.7 Å². The highest BCUT2D eigenvalue weighted by Gasteiger charge is 2.56. The van der Waals surface area contributed by atoms with Crippen molar-refractivity contribution in [2.45, 2.75) is 44.1 Å². The van der Waals surface area contributed by atoms with Crippen molar-refractivity contribution in [3.8, 4) is 5.75 Å². The molecule has 11 heteroatoms. The third-order valence-corrected chi connectivity index (χ3v) is 6.06. The molecule has 3 atom stereocenters. The van der Waals surface area contributed by atoms with Gasteiger partial charge in [-0.15, -0.1) is 0 Å². The lowest BCUT2D eigenvalue weighted by atomic mass is 9.98. The zero-order chi connectivity index (χ0) is 25.1. The number of carbonyl (C=O) groups is 3. The Morgan fingerprint density at radius 2 is 1.63 bits per heavy atom. The average Bonchev–Trinajstić information content (AvgIpc) is 3.16. The van der Waals surface area contributed by atoms with Crippen LogP contribution in [0.2, 0.25) is 0 Å². The van der Waals surface area contributed by atoms with Gasteiger partial charge >= 0.3 is 5.97 Å². The summed E-state index contributed by atoms with van der Waals surface area (Å²) in [6, 6.07) is 10.1. The Morgan fingerprint density at radius 3 is 2.29 bits per heavy atom. The SMILES string of the molecule is NC(N)=NCCCC1C(=O)OC2C(=O)N(Cc3ccc(F)cc3)C(Cc3ccc(O)cc3)C(=O)N12. The topological polar surface area (TPSA) is 152 Å². The Morgan fingerprint density at radius 1 is 0.971 bits per heavy atom. The Balaban J connectivity index is 1.62. The predicted molar refractivity (Wildman–Crippen MR) is 123 cm³/mol. The van der Waals surface area contributed by atoms with E-state index in [9.17, 15) is 23.9 Å². The number of aliphatic imine (C=N–C) groups is 1. The van der Waals surface area contributed by atoms with Crippen molar-refractivity contribution in [2.75, 3.05) is 6.54 Å². The molecule has 2 aliphatic rings. The van der Waals surface area contributed by atoms with Crippen molar-refractivity contribution >= 4 is 23.7 Å². The van der Waals surface area contributed by atoms with E-state index < -0.39 is 41.9 Å². The number of phenolic OH excluding ortho intramolecular Hbond substituents is 1. The largest absolute Gasteiger partial charge is 0.508 e. The van der Waals surface area contributed by atoms with Crippen molar-refractivity contribution in [1.29, 1.82) is 0 Å². The van der Waals surface area contributed by atoms with Gasteiger partial charge in [0.05, 0.1) is 0 Å². The number of hydrogen-bond donors (Lipinski definition) is 3. The molecular formula is C24H26FN5O5. The zero-order valence-electron chi connectivity index (χ0n) is 18.8. The minimum Gasteiger partial charge on any atom is -0.508 e. The van der Waals surface area contributed by atoms with Gasteiger partial charge in [-0.25, -0.2) is 9.18 Å². The van der Waals surface area contributed by atoms with Gasteiger partial charge in [-0.3, -0.25) is 19.5 Å². The molecule has 0 spiro atoms. The summed E-state index contributed by atoms with van der Waals surface area (Å²) in [5.41, 5.74) is 12.0. The molecule has 10 nitrogen and oxygen atoms in total. The maximum absolute atomic E-state index is 13.7. The number of piperazine rings is 1. The minimum absolute atomic E-state index is 0.0324. The number of nitrogens with two attached hydrogens (primary N) is 2. The molecule has 2 amide bonds. The highest BCUT2D eigenvalue weighted by molar-refractivity contribution is 6.01. The maximum Gasteiger partial charge on any atom is 0.331 e. The highest BCUT2D eigenvalue weighted by atomic mass is 19.1. The van der Waals surface area contributed by atoms with Gasteiger partial charge in [-0.1, -0.05) is 24.3 Å². The van der Waals surface area contributed by atoms with Crippen LogP contribution in [-0.4, -0.2) is 63.5 Å². The van der Waals surface area contributed by atoms with Crippen LogP contribution in [0.25, 0.3) is 0 Å². The van der Waals surface area contributed by atoms with E-state index in [4.69, 9.17) is 16.2 Å². The standard InChI is InChI=1S/C24H26FN5O5/c25-16-7-3-15(4-8-16)13-29-19(12-14-5-9-17(31)10-6-14)20(32)30-18(2-1-11-28-24(26)27)23(34)35-22(30)21(29)33/h3-10,18-19,22,31H,1-2,11-13H2,(H4,26,27,28). The van der Waals surface area contributed by atoms with Crippen molar-refractivity contribution < 1.29 is 28.6 Å². The van der Waals surface area contributed by atoms with Gasteiger partial charge in [-0.2, -0.15) is 0 Å². The van der Waals surface area contributed by atoms with Crippen LogP contribution in [-0.2, 0) is 32.1 Å². The van der Waals surface area contributed by atoms with Gasteiger partial charge in [0, 0.05) is 19.5 Å². The average molecular weight is 484 g/mol. The highest BCUT2D eigenvalue weighted by Crippen LogP contribution is 2.32. The smallest absolute Gasteiger partial charge is 0.331 e. The number of carbonyl (C=O) groups excluding carboxylic acids is 3. The monoisotopic (exact) mass is 483 g/mol. The fourth-order valence-corrected chi connectivity index (χ4v) is 4.34. The van der Waals surface area contributed by atoms with Crippen LogP contribution in [0.5, 0.6) is 5.75 Å². The number of esters is 1. The number of nitrogens with zero attached hydrogens (tertiary/aromatic N) is 3. The van der Waals surface area contributed by atoms with E-state index in [-0.39, 0.29) is 37.6 Å². The lowest BCUT2D eigenvalue weighted by Crippen LogP contribution is -2.64. The normalized spacial score (nSPS) is 21.6. The van der Waals surface area contributed by atoms with Crippen LogP contribution >= 0.6 is 0 Å². The Kier molecular flexibility index (Phi) is 6.85. The first-order valence-corrected chi connectivity index (χ1v) is 11.2. The van der Waals surface area contributed by atoms with E-state index in [1.807, 2.05) is 0 Å². The number of fused-ring (bicyclic) bond motifs is 1. The summed E-state index contributed by atoms with van der Waals surface area (Å²) in [5.74, 6) is -2.04. The van der Waals surface area contributed by atoms with Crippen molar-refractivity contribution in [3.05, 3.63) is 65.5 Å². The molecule has 0 saturated carbocycles. The van der Waals surface area contributed by atoms with Crippen molar-refractivity contribution in [3.63, 3.8) is 0 Å². The molecule has 3 unspecified atom stereocenters. The molecule has 0 aliphatic carbocycles. The molecule has 2 fully saturated rings. The second kappa shape index (κ2) is 10.00. The number of phenols is 1. The molecule has 4 rings (SSSR count). The summed E-state index contributed by atoms with van der Waals surface area (Å²) in [4.78, 5) is 46.3. The lowest BCUT2D eigenvalue weighted by molar-refractivity contribution is -0.174. The predicted octanol–water partition coefficient (Wildman–Crippen LogP) is 0.619. The molecule has 184 valence electrons. The molecule has 2 saturated heterocycles. The van der Waals surface area contributed by atoms with Crippen LogP contribution in [0.4, 0.5) is 4.39 Å².